The summed E-state index contributed by atoms with van der Waals surface area (Å²) in [5.41, 5.74) is 1.28. The number of halogens is 1. The molecule has 1 rings (SSSR count). The Hall–Kier alpha value is -0.530. The lowest BCUT2D eigenvalue weighted by molar-refractivity contribution is 0.0300. The van der Waals surface area contributed by atoms with Gasteiger partial charge in [-0.2, -0.15) is 0 Å². The Bertz CT molecular complexity index is 297. The van der Waals surface area contributed by atoms with Crippen LogP contribution in [-0.4, -0.2) is 12.5 Å². The topological polar surface area (TPSA) is 9.23 Å². The van der Waals surface area contributed by atoms with Gasteiger partial charge < -0.3 is 4.74 Å². The van der Waals surface area contributed by atoms with Crippen molar-refractivity contribution < 1.29 is 4.74 Å². The highest BCUT2D eigenvalue weighted by Crippen LogP contribution is 2.29. The van der Waals surface area contributed by atoms with Crippen molar-refractivity contribution in [2.45, 2.75) is 27.4 Å². The van der Waals surface area contributed by atoms with Gasteiger partial charge in [-0.25, -0.2) is 0 Å². The molecule has 0 heterocycles. The summed E-state index contributed by atoms with van der Waals surface area (Å²) in [4.78, 5) is 0. The van der Waals surface area contributed by atoms with Crippen LogP contribution in [0.5, 0.6) is 0 Å². The third-order valence-corrected chi connectivity index (χ3v) is 3.85. The minimum Gasteiger partial charge on any atom is -0.376 e. The molecular weight excluding hydrogens is 220 g/mol. The normalized spacial score (nSPS) is 15.1. The summed E-state index contributed by atoms with van der Waals surface area (Å²) < 4.78 is 5.75. The van der Waals surface area contributed by atoms with Crippen molar-refractivity contribution in [1.82, 2.24) is 0 Å². The highest BCUT2D eigenvalue weighted by Gasteiger charge is 2.27. The van der Waals surface area contributed by atoms with Crippen LogP contribution in [0.4, 0.5) is 0 Å². The van der Waals surface area contributed by atoms with E-state index in [9.17, 15) is 0 Å². The molecule has 0 amide bonds. The summed E-state index contributed by atoms with van der Waals surface area (Å²) in [6.07, 6.45) is 0. The molecule has 1 aromatic rings. The van der Waals surface area contributed by atoms with Crippen LogP contribution in [0.15, 0.2) is 30.3 Å². The molecule has 2 heteroatoms. The van der Waals surface area contributed by atoms with E-state index < -0.39 is 0 Å². The molecule has 0 aliphatic carbocycles. The van der Waals surface area contributed by atoms with Crippen LogP contribution in [0.2, 0.25) is 0 Å². The number of hydrogen-bond donors (Lipinski definition) is 0. The van der Waals surface area contributed by atoms with Crippen molar-refractivity contribution >= 4 is 11.6 Å². The molecule has 0 radical (unpaired) electrons. The van der Waals surface area contributed by atoms with Crippen LogP contribution in [0, 0.1) is 11.3 Å². The van der Waals surface area contributed by atoms with Crippen molar-refractivity contribution in [2.75, 3.05) is 12.5 Å². The summed E-state index contributed by atoms with van der Waals surface area (Å²) in [6, 6.07) is 10.2. The second-order valence-electron chi connectivity index (χ2n) is 4.92. The average molecular weight is 241 g/mol. The van der Waals surface area contributed by atoms with Crippen LogP contribution in [0.1, 0.15) is 26.3 Å². The molecule has 0 fully saturated rings. The summed E-state index contributed by atoms with van der Waals surface area (Å²) in [5.74, 6) is 1.17. The van der Waals surface area contributed by atoms with E-state index in [4.69, 9.17) is 16.3 Å². The van der Waals surface area contributed by atoms with E-state index in [0.29, 0.717) is 25.0 Å². The lowest BCUT2D eigenvalue weighted by Crippen LogP contribution is -2.31. The van der Waals surface area contributed by atoms with Crippen LogP contribution in [0.3, 0.4) is 0 Å². The Morgan fingerprint density at radius 2 is 1.88 bits per heavy atom. The molecule has 1 unspecified atom stereocenters. The first-order valence-electron chi connectivity index (χ1n) is 5.76. The highest BCUT2D eigenvalue weighted by atomic mass is 35.5. The molecule has 0 spiro atoms. The number of ether oxygens (including phenoxy) is 1. The van der Waals surface area contributed by atoms with E-state index in [-0.39, 0.29) is 5.41 Å². The molecule has 0 aliphatic rings. The van der Waals surface area contributed by atoms with Crippen LogP contribution in [-0.2, 0) is 11.3 Å². The molecular formula is C14H21ClO. The van der Waals surface area contributed by atoms with Gasteiger partial charge in [-0.15, -0.1) is 11.6 Å². The number of rotatable bonds is 6. The molecule has 0 bridgehead atoms. The second kappa shape index (κ2) is 6.27. The maximum Gasteiger partial charge on any atom is 0.0717 e. The third kappa shape index (κ3) is 3.80. The predicted molar refractivity (Wildman–Crippen MR) is 69.8 cm³/mol. The predicted octanol–water partition coefficient (Wildman–Crippen LogP) is 4.10. The van der Waals surface area contributed by atoms with E-state index in [1.165, 1.54) is 5.56 Å². The average Bonchev–Trinajstić information content (AvgIpc) is 2.30. The standard InChI is InChI=1S/C14H21ClO/c1-12(2)14(3,10-15)11-16-9-13-7-5-4-6-8-13/h4-8,12H,9-11H2,1-3H3. The van der Waals surface area contributed by atoms with Gasteiger partial charge in [0.1, 0.15) is 0 Å². The summed E-state index contributed by atoms with van der Waals surface area (Å²) in [7, 11) is 0. The fraction of sp³-hybridized carbons (Fsp3) is 0.571. The van der Waals surface area contributed by atoms with Gasteiger partial charge in [0.15, 0.2) is 0 Å². The van der Waals surface area contributed by atoms with E-state index >= 15 is 0 Å². The molecule has 0 saturated carbocycles. The Labute approximate surface area is 104 Å². The van der Waals surface area contributed by atoms with Crippen LogP contribution in [0.25, 0.3) is 0 Å². The first-order chi connectivity index (χ1) is 7.58. The van der Waals surface area contributed by atoms with Gasteiger partial charge in [-0.05, 0) is 11.5 Å². The Kier molecular flexibility index (Phi) is 5.30. The van der Waals surface area contributed by atoms with Crippen molar-refractivity contribution in [2.24, 2.45) is 11.3 Å². The first kappa shape index (κ1) is 13.5. The molecule has 1 atom stereocenters. The van der Waals surface area contributed by atoms with E-state index in [2.05, 4.69) is 32.9 Å². The quantitative estimate of drug-likeness (QED) is 0.681. The van der Waals surface area contributed by atoms with E-state index in [1.54, 1.807) is 0 Å². The van der Waals surface area contributed by atoms with Gasteiger partial charge in [0, 0.05) is 11.3 Å². The molecule has 0 saturated heterocycles. The number of alkyl halides is 1. The minimum absolute atomic E-state index is 0.0658. The zero-order valence-electron chi connectivity index (χ0n) is 10.4. The fourth-order valence-electron chi connectivity index (χ4n) is 1.34. The molecule has 1 aromatic carbocycles. The van der Waals surface area contributed by atoms with Gasteiger partial charge in [0.2, 0.25) is 0 Å². The SMILES string of the molecule is CC(C)C(C)(CCl)COCc1ccccc1. The van der Waals surface area contributed by atoms with Crippen molar-refractivity contribution in [3.63, 3.8) is 0 Å². The maximum atomic E-state index is 6.01. The largest absolute Gasteiger partial charge is 0.376 e. The van der Waals surface area contributed by atoms with Gasteiger partial charge in [0.05, 0.1) is 13.2 Å². The summed E-state index contributed by atoms with van der Waals surface area (Å²) >= 11 is 6.01. The van der Waals surface area contributed by atoms with Crippen molar-refractivity contribution in [3.05, 3.63) is 35.9 Å². The Morgan fingerprint density at radius 3 is 2.38 bits per heavy atom. The smallest absolute Gasteiger partial charge is 0.0717 e. The Balaban J connectivity index is 2.40. The molecule has 1 nitrogen and oxygen atoms in total. The zero-order valence-corrected chi connectivity index (χ0v) is 11.1. The maximum absolute atomic E-state index is 6.01. The van der Waals surface area contributed by atoms with Crippen LogP contribution >= 0.6 is 11.6 Å². The molecule has 0 N–H and O–H groups in total. The monoisotopic (exact) mass is 240 g/mol. The fourth-order valence-corrected chi connectivity index (χ4v) is 1.72. The second-order valence-corrected chi connectivity index (χ2v) is 5.19. The van der Waals surface area contributed by atoms with Crippen molar-refractivity contribution in [1.29, 1.82) is 0 Å². The molecule has 0 aromatic heterocycles. The van der Waals surface area contributed by atoms with Gasteiger partial charge in [-0.1, -0.05) is 51.1 Å². The van der Waals surface area contributed by atoms with E-state index in [1.807, 2.05) is 18.2 Å². The number of hydrogen-bond acceptors (Lipinski definition) is 1. The first-order valence-corrected chi connectivity index (χ1v) is 6.29. The highest BCUT2D eigenvalue weighted by molar-refractivity contribution is 6.18. The zero-order chi connectivity index (χ0) is 12.0. The van der Waals surface area contributed by atoms with Gasteiger partial charge in [0.25, 0.3) is 0 Å². The van der Waals surface area contributed by atoms with Crippen molar-refractivity contribution in [3.8, 4) is 0 Å². The minimum atomic E-state index is 0.0658. The van der Waals surface area contributed by atoms with Gasteiger partial charge >= 0.3 is 0 Å². The lowest BCUT2D eigenvalue weighted by atomic mass is 9.82. The number of benzene rings is 1. The third-order valence-electron chi connectivity index (χ3n) is 3.24. The van der Waals surface area contributed by atoms with E-state index in [0.717, 1.165) is 0 Å². The lowest BCUT2D eigenvalue weighted by Gasteiger charge is -2.31. The molecule has 0 aliphatic heterocycles. The van der Waals surface area contributed by atoms with Crippen LogP contribution < -0.4 is 0 Å². The summed E-state index contributed by atoms with van der Waals surface area (Å²) in [6.45, 7) is 7.93. The summed E-state index contributed by atoms with van der Waals surface area (Å²) in [5, 5.41) is 0. The molecule has 90 valence electrons. The molecule has 16 heavy (non-hydrogen) atoms. The van der Waals surface area contributed by atoms with Gasteiger partial charge in [-0.3, -0.25) is 0 Å². The Morgan fingerprint density at radius 1 is 1.25 bits per heavy atom.